The maximum atomic E-state index is 9.86. The molecule has 0 amide bonds. The lowest BCUT2D eigenvalue weighted by Crippen LogP contribution is -1.76. The van der Waals surface area contributed by atoms with Crippen molar-refractivity contribution in [2.45, 2.75) is 13.8 Å². The van der Waals surface area contributed by atoms with Crippen molar-refractivity contribution in [2.24, 2.45) is 0 Å². The summed E-state index contributed by atoms with van der Waals surface area (Å²) in [5, 5.41) is 0. The van der Waals surface area contributed by atoms with Crippen LogP contribution in [0.1, 0.15) is 22.1 Å². The number of carbonyl (C=O) groups excluding carboxylic acids is 1. The molecule has 2 heterocycles. The van der Waals surface area contributed by atoms with Crippen LogP contribution in [0.5, 0.6) is 0 Å². The Morgan fingerprint density at radius 2 is 2.07 bits per heavy atom. The van der Waals surface area contributed by atoms with Gasteiger partial charge in [-0.1, -0.05) is 0 Å². The van der Waals surface area contributed by atoms with Crippen molar-refractivity contribution in [3.8, 4) is 0 Å². The maximum Gasteiger partial charge on any atom is 0.259 e. The zero-order valence-corrected chi connectivity index (χ0v) is 7.93. The Bertz CT molecular complexity index is 378. The van der Waals surface area contributed by atoms with Gasteiger partial charge in [0.15, 0.2) is 6.39 Å². The molecule has 74 valence electrons. The summed E-state index contributed by atoms with van der Waals surface area (Å²) in [6.45, 7) is 3.64. The highest BCUT2D eigenvalue weighted by Crippen LogP contribution is 1.94. The number of aromatic nitrogens is 2. The van der Waals surface area contributed by atoms with E-state index in [-0.39, 0.29) is 5.89 Å². The van der Waals surface area contributed by atoms with Crippen LogP contribution in [0.15, 0.2) is 27.8 Å². The molecule has 0 fully saturated rings. The molecular formula is C9H10N2O3. The summed E-state index contributed by atoms with van der Waals surface area (Å²) >= 11 is 0. The van der Waals surface area contributed by atoms with Crippen molar-refractivity contribution in [1.29, 1.82) is 0 Å². The van der Waals surface area contributed by atoms with Gasteiger partial charge in [0, 0.05) is 0 Å². The minimum Gasteiger partial charge on any atom is -0.452 e. The van der Waals surface area contributed by atoms with Crippen LogP contribution in [0.3, 0.4) is 0 Å². The fourth-order valence-corrected chi connectivity index (χ4v) is 0.699. The lowest BCUT2D eigenvalue weighted by molar-refractivity contribution is 0.109. The van der Waals surface area contributed by atoms with Crippen LogP contribution in [0.2, 0.25) is 0 Å². The zero-order valence-electron chi connectivity index (χ0n) is 7.93. The number of hydrogen-bond acceptors (Lipinski definition) is 5. The summed E-state index contributed by atoms with van der Waals surface area (Å²) in [5.41, 5.74) is 1.65. The predicted octanol–water partition coefficient (Wildman–Crippen LogP) is 1.78. The lowest BCUT2D eigenvalue weighted by Gasteiger charge is -1.68. The third kappa shape index (κ3) is 3.22. The number of nitrogens with zero attached hydrogens (tertiary/aromatic N) is 2. The largest absolute Gasteiger partial charge is 0.452 e. The van der Waals surface area contributed by atoms with Crippen molar-refractivity contribution in [3.05, 3.63) is 36.2 Å². The highest BCUT2D eigenvalue weighted by molar-refractivity contribution is 5.67. The molecule has 0 saturated heterocycles. The fourth-order valence-electron chi connectivity index (χ4n) is 0.699. The molecule has 5 nitrogen and oxygen atoms in total. The summed E-state index contributed by atoms with van der Waals surface area (Å²) in [4.78, 5) is 17.3. The summed E-state index contributed by atoms with van der Waals surface area (Å²) in [7, 11) is 0. The molecule has 0 aliphatic rings. The van der Waals surface area contributed by atoms with E-state index >= 15 is 0 Å². The third-order valence-electron chi connectivity index (χ3n) is 1.29. The number of rotatable bonds is 1. The Morgan fingerprint density at radius 3 is 2.29 bits per heavy atom. The predicted molar refractivity (Wildman–Crippen MR) is 47.9 cm³/mol. The first-order chi connectivity index (χ1) is 6.72. The number of aldehydes is 1. The molecule has 0 spiro atoms. The van der Waals surface area contributed by atoms with E-state index < -0.39 is 0 Å². The van der Waals surface area contributed by atoms with Gasteiger partial charge in [0.25, 0.3) is 5.89 Å². The molecule has 0 unspecified atom stereocenters. The van der Waals surface area contributed by atoms with Crippen LogP contribution in [0, 0.1) is 13.8 Å². The third-order valence-corrected chi connectivity index (χ3v) is 1.29. The van der Waals surface area contributed by atoms with Crippen LogP contribution in [-0.4, -0.2) is 16.3 Å². The van der Waals surface area contributed by atoms with Gasteiger partial charge < -0.3 is 8.83 Å². The Kier molecular flexibility index (Phi) is 3.60. The van der Waals surface area contributed by atoms with E-state index in [2.05, 4.69) is 18.8 Å². The Morgan fingerprint density at radius 1 is 1.29 bits per heavy atom. The van der Waals surface area contributed by atoms with Gasteiger partial charge in [0.1, 0.15) is 12.5 Å². The summed E-state index contributed by atoms with van der Waals surface area (Å²) in [6, 6.07) is 0. The van der Waals surface area contributed by atoms with E-state index in [1.807, 2.05) is 6.92 Å². The van der Waals surface area contributed by atoms with Crippen LogP contribution in [-0.2, 0) is 0 Å². The van der Waals surface area contributed by atoms with Crippen molar-refractivity contribution in [1.82, 2.24) is 9.97 Å². The Hall–Kier alpha value is -1.91. The number of carbonyl (C=O) groups is 1. The minimum atomic E-state index is 0.141. The maximum absolute atomic E-state index is 9.86. The first-order valence-electron chi connectivity index (χ1n) is 3.94. The molecule has 0 aliphatic carbocycles. The van der Waals surface area contributed by atoms with Gasteiger partial charge in [-0.15, -0.1) is 0 Å². The average molecular weight is 194 g/mol. The van der Waals surface area contributed by atoms with E-state index in [0.29, 0.717) is 6.29 Å². The molecule has 2 aromatic heterocycles. The lowest BCUT2D eigenvalue weighted by atomic mass is 10.6. The van der Waals surface area contributed by atoms with Crippen LogP contribution >= 0.6 is 0 Å². The number of oxazole rings is 2. The van der Waals surface area contributed by atoms with E-state index in [1.54, 1.807) is 13.2 Å². The Labute approximate surface area is 80.8 Å². The molecule has 0 aliphatic heterocycles. The van der Waals surface area contributed by atoms with Gasteiger partial charge in [-0.2, -0.15) is 0 Å². The second kappa shape index (κ2) is 4.96. The summed E-state index contributed by atoms with van der Waals surface area (Å²) < 4.78 is 9.24. The first kappa shape index (κ1) is 10.2. The standard InChI is InChI=1S/C5H5NO2.C4H5NO/c1-4-3-8-5(2-7)6-4;1-4-2-6-3-5-4/h2-3H,1H3;2-3H,1H3. The molecule has 0 saturated carbocycles. The van der Waals surface area contributed by atoms with Crippen molar-refractivity contribution >= 4 is 6.29 Å². The fraction of sp³-hybridized carbons (Fsp3) is 0.222. The number of aryl methyl sites for hydroxylation is 2. The molecule has 5 heteroatoms. The van der Waals surface area contributed by atoms with Gasteiger partial charge in [0.2, 0.25) is 6.29 Å². The zero-order chi connectivity index (χ0) is 10.4. The van der Waals surface area contributed by atoms with Crippen molar-refractivity contribution < 1.29 is 13.6 Å². The number of hydrogen-bond donors (Lipinski definition) is 0. The minimum absolute atomic E-state index is 0.141. The van der Waals surface area contributed by atoms with E-state index in [4.69, 9.17) is 0 Å². The van der Waals surface area contributed by atoms with Gasteiger partial charge in [-0.25, -0.2) is 9.97 Å². The smallest absolute Gasteiger partial charge is 0.259 e. The summed E-state index contributed by atoms with van der Waals surface area (Å²) in [6.07, 6.45) is 5.02. The Balaban J connectivity index is 0.000000146. The SMILES string of the molecule is Cc1coc(C=O)n1.Cc1cocn1. The van der Waals surface area contributed by atoms with Gasteiger partial charge >= 0.3 is 0 Å². The average Bonchev–Trinajstić information content (AvgIpc) is 2.77. The topological polar surface area (TPSA) is 69.1 Å². The highest BCUT2D eigenvalue weighted by atomic mass is 16.3. The molecule has 0 aromatic carbocycles. The van der Waals surface area contributed by atoms with Crippen molar-refractivity contribution in [3.63, 3.8) is 0 Å². The monoisotopic (exact) mass is 194 g/mol. The highest BCUT2D eigenvalue weighted by Gasteiger charge is 1.93. The molecule has 2 aromatic rings. The van der Waals surface area contributed by atoms with Crippen LogP contribution < -0.4 is 0 Å². The van der Waals surface area contributed by atoms with Crippen molar-refractivity contribution in [2.75, 3.05) is 0 Å². The molecule has 2 rings (SSSR count). The van der Waals surface area contributed by atoms with E-state index in [9.17, 15) is 4.79 Å². The molecule has 14 heavy (non-hydrogen) atoms. The molecule has 0 atom stereocenters. The molecule has 0 bridgehead atoms. The second-order valence-corrected chi connectivity index (χ2v) is 2.57. The molecule has 0 radical (unpaired) electrons. The van der Waals surface area contributed by atoms with E-state index in [1.165, 1.54) is 12.7 Å². The van der Waals surface area contributed by atoms with Crippen LogP contribution in [0.25, 0.3) is 0 Å². The second-order valence-electron chi connectivity index (χ2n) is 2.57. The normalized spacial score (nSPS) is 9.00. The van der Waals surface area contributed by atoms with Gasteiger partial charge in [-0.3, -0.25) is 4.79 Å². The van der Waals surface area contributed by atoms with Crippen LogP contribution in [0.4, 0.5) is 0 Å². The quantitative estimate of drug-likeness (QED) is 0.647. The van der Waals surface area contributed by atoms with E-state index in [0.717, 1.165) is 11.4 Å². The molecular weight excluding hydrogens is 184 g/mol. The van der Waals surface area contributed by atoms with Gasteiger partial charge in [-0.05, 0) is 13.8 Å². The van der Waals surface area contributed by atoms with Gasteiger partial charge in [0.05, 0.1) is 11.4 Å². The first-order valence-corrected chi connectivity index (χ1v) is 3.94. The molecule has 0 N–H and O–H groups in total. The summed E-state index contributed by atoms with van der Waals surface area (Å²) in [5.74, 6) is 0.141.